The third-order valence-electron chi connectivity index (χ3n) is 7.31. The van der Waals surface area contributed by atoms with Crippen molar-refractivity contribution < 1.29 is 23.1 Å². The number of likely N-dealkylation sites (tertiary alicyclic amines) is 1. The number of rotatable bonds is 6. The first-order valence-corrected chi connectivity index (χ1v) is 12.3. The van der Waals surface area contributed by atoms with Gasteiger partial charge >= 0.3 is 0 Å². The molecule has 5 rings (SSSR count). The molecule has 190 valence electrons. The molecule has 1 saturated heterocycles. The van der Waals surface area contributed by atoms with Crippen LogP contribution >= 0.6 is 0 Å². The summed E-state index contributed by atoms with van der Waals surface area (Å²) in [6.07, 6.45) is 3.88. The van der Waals surface area contributed by atoms with E-state index in [0.717, 1.165) is 43.8 Å². The maximum absolute atomic E-state index is 13.8. The number of nitrogens with zero attached hydrogens (tertiary/aromatic N) is 4. The molecule has 0 radical (unpaired) electrons. The van der Waals surface area contributed by atoms with Crippen molar-refractivity contribution >= 4 is 11.6 Å². The molecule has 7 nitrogen and oxygen atoms in total. The second-order valence-corrected chi connectivity index (χ2v) is 9.59. The quantitative estimate of drug-likeness (QED) is 0.347. The summed E-state index contributed by atoms with van der Waals surface area (Å²) in [4.78, 5) is 26.2. The SMILES string of the molecule is CCON=C(c1ccc(CN2CCC3(CC2)OCC2=C3CC(=O)N(C)C2)nc1)c1ccc(F)c(F)c1. The Balaban J connectivity index is 1.25. The molecular weight excluding hydrogens is 466 g/mol. The molecule has 1 spiro atoms. The molecule has 1 amide bonds. The summed E-state index contributed by atoms with van der Waals surface area (Å²) >= 11 is 0. The lowest BCUT2D eigenvalue weighted by Gasteiger charge is -2.41. The number of hydrogen-bond donors (Lipinski definition) is 0. The summed E-state index contributed by atoms with van der Waals surface area (Å²) in [7, 11) is 1.85. The second-order valence-electron chi connectivity index (χ2n) is 9.59. The lowest BCUT2D eigenvalue weighted by molar-refractivity contribution is -0.129. The van der Waals surface area contributed by atoms with Crippen molar-refractivity contribution in [3.63, 3.8) is 0 Å². The van der Waals surface area contributed by atoms with Crippen molar-refractivity contribution in [1.82, 2.24) is 14.8 Å². The summed E-state index contributed by atoms with van der Waals surface area (Å²) < 4.78 is 33.5. The van der Waals surface area contributed by atoms with Gasteiger partial charge in [-0.25, -0.2) is 8.78 Å². The van der Waals surface area contributed by atoms with Crippen LogP contribution in [0.15, 0.2) is 52.8 Å². The van der Waals surface area contributed by atoms with Gasteiger partial charge in [0.05, 0.1) is 24.3 Å². The maximum Gasteiger partial charge on any atom is 0.226 e. The number of carbonyl (C=O) groups excluding carboxylic acids is 1. The molecular formula is C27H30F2N4O3. The first-order chi connectivity index (χ1) is 17.4. The molecule has 9 heteroatoms. The van der Waals surface area contributed by atoms with Crippen LogP contribution in [0.25, 0.3) is 0 Å². The Hall–Kier alpha value is -3.17. The predicted octanol–water partition coefficient (Wildman–Crippen LogP) is 3.67. The van der Waals surface area contributed by atoms with Crippen molar-refractivity contribution in [3.8, 4) is 0 Å². The number of likely N-dealkylation sites (N-methyl/N-ethyl adjacent to an activating group) is 1. The van der Waals surface area contributed by atoms with Crippen LogP contribution in [0.5, 0.6) is 0 Å². The van der Waals surface area contributed by atoms with Gasteiger partial charge in [-0.3, -0.25) is 14.7 Å². The number of oxime groups is 1. The van der Waals surface area contributed by atoms with Crippen LogP contribution < -0.4 is 0 Å². The summed E-state index contributed by atoms with van der Waals surface area (Å²) in [6, 6.07) is 7.44. The predicted molar refractivity (Wildman–Crippen MR) is 130 cm³/mol. The summed E-state index contributed by atoms with van der Waals surface area (Å²) in [5.74, 6) is -1.69. The monoisotopic (exact) mass is 496 g/mol. The van der Waals surface area contributed by atoms with E-state index in [9.17, 15) is 13.6 Å². The molecule has 0 unspecified atom stereocenters. The van der Waals surface area contributed by atoms with Gasteiger partial charge in [0.2, 0.25) is 5.91 Å². The number of halogens is 2. The molecule has 2 aromatic rings. The number of ether oxygens (including phenoxy) is 1. The fraction of sp³-hybridized carbons (Fsp3) is 0.444. The lowest BCUT2D eigenvalue weighted by Crippen LogP contribution is -2.46. The van der Waals surface area contributed by atoms with Gasteiger partial charge in [0.25, 0.3) is 0 Å². The molecule has 0 bridgehead atoms. The van der Waals surface area contributed by atoms with Gasteiger partial charge in [0, 0.05) is 50.6 Å². The number of hydrogen-bond acceptors (Lipinski definition) is 6. The van der Waals surface area contributed by atoms with Gasteiger partial charge in [-0.15, -0.1) is 0 Å². The molecule has 0 N–H and O–H groups in total. The number of fused-ring (bicyclic) bond motifs is 1. The van der Waals surface area contributed by atoms with E-state index in [1.165, 1.54) is 17.2 Å². The Morgan fingerprint density at radius 2 is 1.94 bits per heavy atom. The topological polar surface area (TPSA) is 67.3 Å². The van der Waals surface area contributed by atoms with Crippen molar-refractivity contribution in [2.24, 2.45) is 5.16 Å². The minimum absolute atomic E-state index is 0.168. The largest absolute Gasteiger partial charge is 0.396 e. The lowest BCUT2D eigenvalue weighted by atomic mass is 9.80. The van der Waals surface area contributed by atoms with Crippen molar-refractivity contribution in [2.45, 2.75) is 38.3 Å². The smallest absolute Gasteiger partial charge is 0.226 e. The number of carbonyl (C=O) groups is 1. The Bertz CT molecular complexity index is 1200. The number of benzene rings is 1. The fourth-order valence-corrected chi connectivity index (χ4v) is 5.26. The minimum Gasteiger partial charge on any atom is -0.396 e. The normalized spacial score (nSPS) is 20.3. The number of amides is 1. The first-order valence-electron chi connectivity index (χ1n) is 12.3. The van der Waals surface area contributed by atoms with E-state index in [4.69, 9.17) is 9.57 Å². The van der Waals surface area contributed by atoms with Crippen molar-refractivity contribution in [1.29, 1.82) is 0 Å². The van der Waals surface area contributed by atoms with E-state index < -0.39 is 11.6 Å². The molecule has 0 saturated carbocycles. The van der Waals surface area contributed by atoms with E-state index in [-0.39, 0.29) is 11.5 Å². The molecule has 3 aliphatic rings. The number of aromatic nitrogens is 1. The minimum atomic E-state index is -0.942. The zero-order valence-corrected chi connectivity index (χ0v) is 20.6. The average molecular weight is 497 g/mol. The molecule has 0 aliphatic carbocycles. The van der Waals surface area contributed by atoms with Crippen LogP contribution in [0.4, 0.5) is 8.78 Å². The van der Waals surface area contributed by atoms with Gasteiger partial charge in [0.1, 0.15) is 12.3 Å². The molecule has 1 fully saturated rings. The molecule has 3 aliphatic heterocycles. The highest BCUT2D eigenvalue weighted by Gasteiger charge is 2.46. The van der Waals surface area contributed by atoms with Crippen LogP contribution in [0.2, 0.25) is 0 Å². The molecule has 1 aromatic carbocycles. The van der Waals surface area contributed by atoms with E-state index >= 15 is 0 Å². The highest BCUT2D eigenvalue weighted by molar-refractivity contribution is 6.12. The Labute approximate surface area is 209 Å². The van der Waals surface area contributed by atoms with E-state index in [1.54, 1.807) is 18.0 Å². The van der Waals surface area contributed by atoms with Crippen LogP contribution in [0.3, 0.4) is 0 Å². The van der Waals surface area contributed by atoms with Crippen LogP contribution in [-0.2, 0) is 20.9 Å². The average Bonchev–Trinajstić information content (AvgIpc) is 3.20. The molecule has 4 heterocycles. The second kappa shape index (κ2) is 10.1. The van der Waals surface area contributed by atoms with E-state index in [0.29, 0.717) is 49.6 Å². The standard InChI is InChI=1S/C27H30F2N4O3/c1-3-36-31-26(18-5-7-23(28)24(29)12-18)19-4-6-21(30-14-19)16-33-10-8-27(9-11-33)22-13-25(34)32(2)15-20(22)17-35-27/h4-7,12,14H,3,8-11,13,15-17H2,1-2H3. The highest BCUT2D eigenvalue weighted by atomic mass is 19.2. The van der Waals surface area contributed by atoms with Crippen LogP contribution in [0.1, 0.15) is 43.0 Å². The van der Waals surface area contributed by atoms with Crippen LogP contribution in [0, 0.1) is 11.6 Å². The van der Waals surface area contributed by atoms with Crippen molar-refractivity contribution in [2.75, 3.05) is 39.9 Å². The molecule has 1 aromatic heterocycles. The fourth-order valence-electron chi connectivity index (χ4n) is 5.26. The zero-order valence-electron chi connectivity index (χ0n) is 20.6. The summed E-state index contributed by atoms with van der Waals surface area (Å²) in [6.45, 7) is 5.85. The maximum atomic E-state index is 13.8. The van der Waals surface area contributed by atoms with Gasteiger partial charge in [-0.2, -0.15) is 0 Å². The Morgan fingerprint density at radius 1 is 1.17 bits per heavy atom. The van der Waals surface area contributed by atoms with Gasteiger partial charge < -0.3 is 14.5 Å². The third kappa shape index (κ3) is 4.77. The molecule has 36 heavy (non-hydrogen) atoms. The van der Waals surface area contributed by atoms with Crippen LogP contribution in [-0.4, -0.2) is 71.9 Å². The van der Waals surface area contributed by atoms with Gasteiger partial charge in [-0.05, 0) is 61.2 Å². The Kier molecular flexibility index (Phi) is 6.85. The van der Waals surface area contributed by atoms with E-state index in [1.807, 2.05) is 19.2 Å². The zero-order chi connectivity index (χ0) is 25.3. The highest BCUT2D eigenvalue weighted by Crippen LogP contribution is 2.43. The summed E-state index contributed by atoms with van der Waals surface area (Å²) in [5, 5.41) is 4.11. The number of piperidine rings is 1. The summed E-state index contributed by atoms with van der Waals surface area (Å²) in [5.41, 5.74) is 4.55. The van der Waals surface area contributed by atoms with Gasteiger partial charge in [0.15, 0.2) is 11.6 Å². The van der Waals surface area contributed by atoms with Gasteiger partial charge in [-0.1, -0.05) is 5.16 Å². The number of pyridine rings is 1. The third-order valence-corrected chi connectivity index (χ3v) is 7.31. The van der Waals surface area contributed by atoms with E-state index in [2.05, 4.69) is 15.0 Å². The Morgan fingerprint density at radius 3 is 2.64 bits per heavy atom. The van der Waals surface area contributed by atoms with Crippen molar-refractivity contribution in [3.05, 3.63) is 76.1 Å². The molecule has 0 atom stereocenters. The first kappa shape index (κ1) is 24.5.